The van der Waals surface area contributed by atoms with Gasteiger partial charge >= 0.3 is 48.0 Å². The van der Waals surface area contributed by atoms with Crippen molar-refractivity contribution in [1.29, 1.82) is 0 Å². The SMILES string of the molecule is FC(CCCCCCC(F)(F)F)C(F)(F)C(F)(F)[N+]1(F)C(F)(F)C(F)(F)C(F)(F)C(F)(F)C1(F)F. The van der Waals surface area contributed by atoms with E-state index in [9.17, 15) is 83.5 Å². The van der Waals surface area contributed by atoms with Crippen molar-refractivity contribution in [3.63, 3.8) is 0 Å². The van der Waals surface area contributed by atoms with Gasteiger partial charge < -0.3 is 0 Å². The monoisotopic (exact) mass is 568 g/mol. The second-order valence-electron chi connectivity index (χ2n) is 7.59. The van der Waals surface area contributed by atoms with E-state index < -0.39 is 97.4 Å². The van der Waals surface area contributed by atoms with Crippen LogP contribution >= 0.6 is 0 Å². The van der Waals surface area contributed by atoms with Crippen LogP contribution in [0.2, 0.25) is 0 Å². The second kappa shape index (κ2) is 8.59. The number of likely N-dealkylation sites (tertiary alicyclic amines) is 1. The Morgan fingerprint density at radius 2 is 0.943 bits per heavy atom. The van der Waals surface area contributed by atoms with Crippen LogP contribution in [0.3, 0.4) is 0 Å². The number of rotatable bonds is 9. The summed E-state index contributed by atoms with van der Waals surface area (Å²) in [4.78, 5) is 0. The molecule has 0 bridgehead atoms. The highest BCUT2D eigenvalue weighted by atomic mass is 19.4. The van der Waals surface area contributed by atoms with E-state index >= 15 is 0 Å². The summed E-state index contributed by atoms with van der Waals surface area (Å²) in [5, 5.41) is 0. The summed E-state index contributed by atoms with van der Waals surface area (Å²) in [5.41, 5.74) is 0. The van der Waals surface area contributed by atoms with Crippen molar-refractivity contribution in [3.05, 3.63) is 0 Å². The third-order valence-electron chi connectivity index (χ3n) is 5.17. The van der Waals surface area contributed by atoms with Gasteiger partial charge in [-0.15, -0.1) is 26.3 Å². The van der Waals surface area contributed by atoms with E-state index in [0.29, 0.717) is 0 Å². The molecule has 1 aliphatic rings. The van der Waals surface area contributed by atoms with Crippen molar-refractivity contribution in [2.24, 2.45) is 0 Å². The zero-order valence-electron chi connectivity index (χ0n) is 16.4. The Balaban J connectivity index is 3.35. The van der Waals surface area contributed by atoms with Gasteiger partial charge in [0, 0.05) is 10.9 Å². The summed E-state index contributed by atoms with van der Waals surface area (Å²) in [6, 6.07) is -25.0. The molecule has 1 unspecified atom stereocenters. The van der Waals surface area contributed by atoms with Gasteiger partial charge in [0.2, 0.25) is 0 Å². The van der Waals surface area contributed by atoms with Crippen molar-refractivity contribution in [2.45, 2.75) is 92.7 Å². The molecule has 20 heteroatoms. The van der Waals surface area contributed by atoms with E-state index in [1.165, 1.54) is 0 Å². The Morgan fingerprint density at radius 3 is 1.31 bits per heavy atom. The quantitative estimate of drug-likeness (QED) is 0.114. The molecule has 210 valence electrons. The van der Waals surface area contributed by atoms with Gasteiger partial charge in [-0.05, 0) is 12.8 Å². The average molecular weight is 568 g/mol. The maximum Gasteiger partial charge on any atom is 0.508 e. The van der Waals surface area contributed by atoms with Gasteiger partial charge in [0.1, 0.15) is 0 Å². The lowest BCUT2D eigenvalue weighted by molar-refractivity contribution is -1.25. The van der Waals surface area contributed by atoms with Crippen molar-refractivity contribution in [2.75, 3.05) is 0 Å². The lowest BCUT2D eigenvalue weighted by Gasteiger charge is -2.52. The van der Waals surface area contributed by atoms with E-state index in [1.807, 2.05) is 0 Å². The first-order valence-corrected chi connectivity index (χ1v) is 9.07. The van der Waals surface area contributed by atoms with E-state index in [0.717, 1.165) is 0 Å². The maximum absolute atomic E-state index is 14.3. The number of quaternary nitrogens is 1. The summed E-state index contributed by atoms with van der Waals surface area (Å²) < 4.78 is 246. The van der Waals surface area contributed by atoms with Gasteiger partial charge in [0.25, 0.3) is 0 Å². The molecule has 0 aliphatic carbocycles. The standard InChI is InChI=1S/C15H13F19N/c16-7(5-3-1-2-4-6-8(17,18)19)9(20,21)13(28,29)35(34)14(30,31)11(24,25)10(22,23)12(26,27)15(35,32)33/h7H,1-6H2/q+1. The van der Waals surface area contributed by atoms with Crippen molar-refractivity contribution >= 4 is 0 Å². The molecule has 1 rings (SSSR count). The topological polar surface area (TPSA) is 0 Å². The first-order chi connectivity index (χ1) is 15.1. The molecule has 1 fully saturated rings. The Kier molecular flexibility index (Phi) is 7.77. The van der Waals surface area contributed by atoms with Crippen LogP contribution in [0.15, 0.2) is 0 Å². The minimum absolute atomic E-state index is 0.527. The normalized spacial score (nSPS) is 25.8. The smallest absolute Gasteiger partial charge is 0.240 e. The molecule has 0 saturated carbocycles. The number of hydrogen-bond acceptors (Lipinski definition) is 0. The summed E-state index contributed by atoms with van der Waals surface area (Å²) in [7, 11) is 0. The molecule has 1 atom stereocenters. The summed E-state index contributed by atoms with van der Waals surface area (Å²) >= 11 is 0. The molecular weight excluding hydrogens is 555 g/mol. The minimum atomic E-state index is -8.38. The Bertz CT molecular complexity index is 724. The third kappa shape index (κ3) is 4.08. The molecule has 0 amide bonds. The lowest BCUT2D eigenvalue weighted by Crippen LogP contribution is -2.91. The van der Waals surface area contributed by atoms with Crippen LogP contribution in [0, 0.1) is 0 Å². The number of hydrogen-bond donors (Lipinski definition) is 0. The molecule has 0 aromatic heterocycles. The highest BCUT2D eigenvalue weighted by molar-refractivity contribution is 5.10. The first-order valence-electron chi connectivity index (χ1n) is 9.07. The highest BCUT2D eigenvalue weighted by Crippen LogP contribution is 2.72. The van der Waals surface area contributed by atoms with Crippen molar-refractivity contribution < 1.29 is 88.2 Å². The fourth-order valence-corrected chi connectivity index (χ4v) is 3.07. The fourth-order valence-electron chi connectivity index (χ4n) is 3.07. The van der Waals surface area contributed by atoms with E-state index in [1.54, 1.807) is 0 Å². The number of unbranched alkanes of at least 4 members (excludes halogenated alkanes) is 3. The van der Waals surface area contributed by atoms with Gasteiger partial charge in [-0.1, -0.05) is 19.3 Å². The highest BCUT2D eigenvalue weighted by Gasteiger charge is 3.10. The van der Waals surface area contributed by atoms with Crippen LogP contribution in [0.5, 0.6) is 0 Å². The Labute approximate surface area is 182 Å². The zero-order chi connectivity index (χ0) is 28.3. The average Bonchev–Trinajstić information content (AvgIpc) is 2.66. The molecule has 1 aliphatic heterocycles. The van der Waals surface area contributed by atoms with E-state index in [2.05, 4.69) is 0 Å². The predicted molar refractivity (Wildman–Crippen MR) is 74.7 cm³/mol. The van der Waals surface area contributed by atoms with Crippen molar-refractivity contribution in [3.8, 4) is 0 Å². The van der Waals surface area contributed by atoms with Gasteiger partial charge in [-0.2, -0.15) is 48.3 Å². The Hall–Kier alpha value is -1.37. The molecule has 1 heterocycles. The second-order valence-corrected chi connectivity index (χ2v) is 7.59. The lowest BCUT2D eigenvalue weighted by atomic mass is 9.91. The molecule has 1 nitrogen and oxygen atoms in total. The van der Waals surface area contributed by atoms with Gasteiger partial charge in [0.15, 0.2) is 6.17 Å². The molecule has 35 heavy (non-hydrogen) atoms. The summed E-state index contributed by atoms with van der Waals surface area (Å²) in [6.07, 6.45) is -15.8. The van der Waals surface area contributed by atoms with Crippen LogP contribution in [-0.2, 0) is 0 Å². The summed E-state index contributed by atoms with van der Waals surface area (Å²) in [6.45, 7) is 0. The number of nitrogens with zero attached hydrogens (tertiary/aromatic N) is 1. The van der Waals surface area contributed by atoms with E-state index in [4.69, 9.17) is 0 Å². The predicted octanol–water partition coefficient (Wildman–Crippen LogP) is 8.26. The molecule has 0 N–H and O–H groups in total. The molecule has 0 aromatic carbocycles. The first kappa shape index (κ1) is 31.7. The minimum Gasteiger partial charge on any atom is -0.240 e. The molecule has 0 radical (unpaired) electrons. The maximum atomic E-state index is 14.3. The van der Waals surface area contributed by atoms with Gasteiger partial charge in [0.05, 0.1) is 4.71 Å². The largest absolute Gasteiger partial charge is 0.508 e. The van der Waals surface area contributed by atoms with Gasteiger partial charge in [-0.25, -0.2) is 4.39 Å². The molecule has 0 aromatic rings. The fraction of sp³-hybridized carbons (Fsp3) is 1.00. The number of halogens is 19. The van der Waals surface area contributed by atoms with Crippen LogP contribution in [-0.4, -0.2) is 58.9 Å². The van der Waals surface area contributed by atoms with Crippen molar-refractivity contribution in [1.82, 2.24) is 0 Å². The van der Waals surface area contributed by atoms with Crippen LogP contribution in [0.4, 0.5) is 83.5 Å². The van der Waals surface area contributed by atoms with Crippen LogP contribution < -0.4 is 0 Å². The van der Waals surface area contributed by atoms with Crippen LogP contribution in [0.1, 0.15) is 38.5 Å². The van der Waals surface area contributed by atoms with Gasteiger partial charge in [-0.3, -0.25) is 0 Å². The number of alkyl halides is 18. The van der Waals surface area contributed by atoms with Crippen LogP contribution in [0.25, 0.3) is 0 Å². The Morgan fingerprint density at radius 1 is 0.571 bits per heavy atom. The molecule has 1 saturated heterocycles. The molecular formula is C15H13F19N+. The zero-order valence-corrected chi connectivity index (χ0v) is 16.4. The molecule has 0 spiro atoms. The van der Waals surface area contributed by atoms with E-state index in [-0.39, 0.29) is 0 Å². The number of piperidine rings is 1. The summed E-state index contributed by atoms with van der Waals surface area (Å²) in [5.74, 6) is -31.5. The third-order valence-corrected chi connectivity index (χ3v) is 5.17.